The van der Waals surface area contributed by atoms with E-state index in [2.05, 4.69) is 46.8 Å². The molecule has 134 valence electrons. The number of carbonyl (C=O) groups is 2. The number of allylic oxidation sites excluding steroid dienone is 4. The van der Waals surface area contributed by atoms with Gasteiger partial charge < -0.3 is 9.90 Å². The fraction of sp³-hybridized carbons (Fsp3) is 0.700. The fourth-order valence-corrected chi connectivity index (χ4v) is 2.00. The summed E-state index contributed by atoms with van der Waals surface area (Å²) in [6.07, 6.45) is 10.6. The second-order valence-electron chi connectivity index (χ2n) is 6.93. The number of aldehydes is 1. The first-order valence-corrected chi connectivity index (χ1v) is 8.61. The molecule has 23 heavy (non-hydrogen) atoms. The van der Waals surface area contributed by atoms with Crippen LogP contribution in [0.2, 0.25) is 0 Å². The van der Waals surface area contributed by atoms with Crippen LogP contribution in [-0.4, -0.2) is 17.4 Å². The maximum absolute atomic E-state index is 10.3. The van der Waals surface area contributed by atoms with E-state index in [9.17, 15) is 9.59 Å². The van der Waals surface area contributed by atoms with E-state index in [1.807, 2.05) is 6.92 Å². The zero-order valence-corrected chi connectivity index (χ0v) is 15.9. The molecule has 2 atom stereocenters. The second-order valence-corrected chi connectivity index (χ2v) is 6.93. The highest BCUT2D eigenvalue weighted by Gasteiger charge is 2.05. The minimum Gasteiger partial charge on any atom is -0.481 e. The van der Waals surface area contributed by atoms with Crippen molar-refractivity contribution < 1.29 is 14.7 Å². The largest absolute Gasteiger partial charge is 0.481 e. The van der Waals surface area contributed by atoms with Gasteiger partial charge in [0.05, 0.1) is 0 Å². The van der Waals surface area contributed by atoms with Gasteiger partial charge in [0.15, 0.2) is 0 Å². The van der Waals surface area contributed by atoms with Gasteiger partial charge in [-0.05, 0) is 65.2 Å². The third-order valence-electron chi connectivity index (χ3n) is 3.45. The predicted octanol–water partition coefficient (Wildman–Crippen LogP) is 5.80. The molecule has 1 N–H and O–H groups in total. The second kappa shape index (κ2) is 15.5. The van der Waals surface area contributed by atoms with Crippen molar-refractivity contribution in [2.45, 2.75) is 80.1 Å². The number of carbonyl (C=O) groups excluding carboxylic acids is 1. The monoisotopic (exact) mass is 324 g/mol. The molecule has 3 heteroatoms. The number of hydrogen-bond acceptors (Lipinski definition) is 2. The van der Waals surface area contributed by atoms with Crippen molar-refractivity contribution in [2.24, 2.45) is 11.8 Å². The van der Waals surface area contributed by atoms with Crippen molar-refractivity contribution in [3.63, 3.8) is 0 Å². The first kappa shape index (κ1) is 23.9. The minimum atomic E-state index is -0.695. The van der Waals surface area contributed by atoms with Crippen LogP contribution >= 0.6 is 0 Å². The van der Waals surface area contributed by atoms with E-state index in [1.54, 1.807) is 0 Å². The van der Waals surface area contributed by atoms with E-state index in [-0.39, 0.29) is 12.3 Å². The summed E-state index contributed by atoms with van der Waals surface area (Å²) in [5.74, 6) is 0.140. The maximum Gasteiger partial charge on any atom is 0.303 e. The Labute approximate surface area is 142 Å². The highest BCUT2D eigenvalue weighted by atomic mass is 16.4. The van der Waals surface area contributed by atoms with Gasteiger partial charge in [-0.25, -0.2) is 0 Å². The van der Waals surface area contributed by atoms with E-state index in [4.69, 9.17) is 5.11 Å². The van der Waals surface area contributed by atoms with Gasteiger partial charge >= 0.3 is 5.97 Å². The van der Waals surface area contributed by atoms with Gasteiger partial charge in [-0.15, -0.1) is 0 Å². The average Bonchev–Trinajstić information content (AvgIpc) is 2.37. The van der Waals surface area contributed by atoms with Crippen LogP contribution in [0.15, 0.2) is 23.3 Å². The van der Waals surface area contributed by atoms with Gasteiger partial charge in [0.1, 0.15) is 6.29 Å². The normalized spacial score (nSPS) is 12.3. The number of aliphatic carboxylic acids is 1. The molecule has 0 aliphatic rings. The Balaban J connectivity index is 0. The molecule has 0 aromatic heterocycles. The summed E-state index contributed by atoms with van der Waals surface area (Å²) in [6, 6.07) is 0. The van der Waals surface area contributed by atoms with Crippen molar-refractivity contribution in [2.75, 3.05) is 0 Å². The highest BCUT2D eigenvalue weighted by Crippen LogP contribution is 2.11. The van der Waals surface area contributed by atoms with Crippen molar-refractivity contribution in [1.29, 1.82) is 0 Å². The summed E-state index contributed by atoms with van der Waals surface area (Å²) < 4.78 is 0. The predicted molar refractivity (Wildman–Crippen MR) is 98.6 cm³/mol. The topological polar surface area (TPSA) is 54.4 Å². The molecule has 0 heterocycles. The third-order valence-corrected chi connectivity index (χ3v) is 3.45. The van der Waals surface area contributed by atoms with E-state index in [0.29, 0.717) is 12.3 Å². The van der Waals surface area contributed by atoms with Crippen LogP contribution < -0.4 is 0 Å². The van der Waals surface area contributed by atoms with E-state index < -0.39 is 5.97 Å². The number of rotatable bonds is 10. The molecule has 0 saturated heterocycles. The van der Waals surface area contributed by atoms with Crippen molar-refractivity contribution in [3.8, 4) is 0 Å². The van der Waals surface area contributed by atoms with Crippen LogP contribution in [0.1, 0.15) is 80.1 Å². The van der Waals surface area contributed by atoms with Crippen molar-refractivity contribution in [1.82, 2.24) is 0 Å². The van der Waals surface area contributed by atoms with E-state index in [0.717, 1.165) is 32.0 Å². The van der Waals surface area contributed by atoms with Crippen LogP contribution in [0, 0.1) is 11.8 Å². The lowest BCUT2D eigenvalue weighted by Gasteiger charge is -2.05. The van der Waals surface area contributed by atoms with Crippen LogP contribution in [0.4, 0.5) is 0 Å². The van der Waals surface area contributed by atoms with Crippen LogP contribution in [-0.2, 0) is 9.59 Å². The maximum atomic E-state index is 10.3. The SMILES string of the molecule is CC(C)=CCC[C@H](C)CC(=O)O.CC(C)=CCC[C@H](C)CC=O. The Morgan fingerprint density at radius 2 is 1.35 bits per heavy atom. The molecule has 0 saturated carbocycles. The van der Waals surface area contributed by atoms with E-state index >= 15 is 0 Å². The minimum absolute atomic E-state index is 0.288. The Bertz CT molecular complexity index is 372. The van der Waals surface area contributed by atoms with E-state index in [1.165, 1.54) is 11.1 Å². The highest BCUT2D eigenvalue weighted by molar-refractivity contribution is 5.66. The molecule has 3 nitrogen and oxygen atoms in total. The first-order chi connectivity index (χ1) is 10.7. The molecule has 0 aliphatic heterocycles. The summed E-state index contributed by atoms with van der Waals surface area (Å²) in [4.78, 5) is 20.4. The average molecular weight is 325 g/mol. The Morgan fingerprint density at radius 3 is 1.70 bits per heavy atom. The molecule has 0 aromatic carbocycles. The lowest BCUT2D eigenvalue weighted by Crippen LogP contribution is -2.03. The molecule has 0 bridgehead atoms. The quantitative estimate of drug-likeness (QED) is 0.408. The lowest BCUT2D eigenvalue weighted by molar-refractivity contribution is -0.138. The molecule has 0 unspecified atom stereocenters. The zero-order chi connectivity index (χ0) is 18.3. The van der Waals surface area contributed by atoms with Crippen molar-refractivity contribution in [3.05, 3.63) is 23.3 Å². The van der Waals surface area contributed by atoms with Gasteiger partial charge in [-0.3, -0.25) is 4.79 Å². The number of carboxylic acid groups (broad SMARTS) is 1. The summed E-state index contributed by atoms with van der Waals surface area (Å²) in [7, 11) is 0. The van der Waals surface area contributed by atoms with Crippen molar-refractivity contribution >= 4 is 12.3 Å². The molecule has 0 rings (SSSR count). The van der Waals surface area contributed by atoms with Gasteiger partial charge in [0.2, 0.25) is 0 Å². The smallest absolute Gasteiger partial charge is 0.303 e. The van der Waals surface area contributed by atoms with Gasteiger partial charge in [-0.2, -0.15) is 0 Å². The Morgan fingerprint density at radius 1 is 0.913 bits per heavy atom. The Hall–Kier alpha value is -1.38. The Kier molecular flexibility index (Phi) is 16.1. The molecular weight excluding hydrogens is 288 g/mol. The number of carboxylic acids is 1. The molecular formula is C20H36O3. The summed E-state index contributed by atoms with van der Waals surface area (Å²) in [5.41, 5.74) is 2.67. The van der Waals surface area contributed by atoms with Crippen LogP contribution in [0.3, 0.4) is 0 Å². The number of hydrogen-bond donors (Lipinski definition) is 1. The molecule has 0 spiro atoms. The zero-order valence-electron chi connectivity index (χ0n) is 15.9. The molecule has 0 aliphatic carbocycles. The standard InChI is InChI=1S/C10H18O2.C10H18O/c1-8(2)5-4-6-9(3)7-10(11)12;1-9(2)5-4-6-10(3)7-8-11/h5,9H,4,6-7H2,1-3H3,(H,11,12);5,8,10H,4,6-7H2,1-3H3/t9-;10-/m00/s1. The van der Waals surface area contributed by atoms with Crippen LogP contribution in [0.25, 0.3) is 0 Å². The lowest BCUT2D eigenvalue weighted by atomic mass is 10.0. The molecule has 0 fully saturated rings. The molecule has 0 radical (unpaired) electrons. The molecule has 0 aromatic rings. The summed E-state index contributed by atoms with van der Waals surface area (Å²) in [5, 5.41) is 8.48. The van der Waals surface area contributed by atoms with Gasteiger partial charge in [0.25, 0.3) is 0 Å². The van der Waals surface area contributed by atoms with Gasteiger partial charge in [-0.1, -0.05) is 37.1 Å². The summed E-state index contributed by atoms with van der Waals surface area (Å²) in [6.45, 7) is 12.4. The van der Waals surface area contributed by atoms with Crippen LogP contribution in [0.5, 0.6) is 0 Å². The third kappa shape index (κ3) is 23.0. The molecule has 0 amide bonds. The van der Waals surface area contributed by atoms with Gasteiger partial charge in [0, 0.05) is 12.8 Å². The fourth-order valence-electron chi connectivity index (χ4n) is 2.00. The first-order valence-electron chi connectivity index (χ1n) is 8.61. The summed E-state index contributed by atoms with van der Waals surface area (Å²) >= 11 is 0.